The van der Waals surface area contributed by atoms with Gasteiger partial charge in [-0.25, -0.2) is 0 Å². The van der Waals surface area contributed by atoms with Crippen molar-refractivity contribution in [3.05, 3.63) is 21.1 Å². The summed E-state index contributed by atoms with van der Waals surface area (Å²) in [5, 5.41) is 2.93. The first-order valence-corrected chi connectivity index (χ1v) is 6.66. The number of hydrogen-bond donors (Lipinski definition) is 2. The molecule has 22 heavy (non-hydrogen) atoms. The average molecular weight is 458 g/mol. The third-order valence-corrected chi connectivity index (χ3v) is 3.38. The number of halogens is 8. The minimum atomic E-state index is -5.18. The van der Waals surface area contributed by atoms with Gasteiger partial charge in [0.25, 0.3) is 0 Å². The van der Waals surface area contributed by atoms with Gasteiger partial charge in [0.05, 0.1) is 11.4 Å². The highest BCUT2D eigenvalue weighted by atomic mass is 79.9. The Morgan fingerprint density at radius 2 is 1.09 bits per heavy atom. The minimum Gasteiger partial charge on any atom is -0.317 e. The number of amides is 2. The van der Waals surface area contributed by atoms with E-state index in [9.17, 15) is 35.9 Å². The van der Waals surface area contributed by atoms with Gasteiger partial charge in [-0.3, -0.25) is 9.59 Å². The van der Waals surface area contributed by atoms with E-state index in [2.05, 4.69) is 31.9 Å². The van der Waals surface area contributed by atoms with E-state index in [1.54, 1.807) is 0 Å². The van der Waals surface area contributed by atoms with Crippen LogP contribution in [-0.4, -0.2) is 24.2 Å². The fourth-order valence-electron chi connectivity index (χ4n) is 1.13. The van der Waals surface area contributed by atoms with Crippen LogP contribution in [0.25, 0.3) is 0 Å². The van der Waals surface area contributed by atoms with Crippen molar-refractivity contribution >= 4 is 55.0 Å². The molecule has 1 aromatic carbocycles. The summed E-state index contributed by atoms with van der Waals surface area (Å²) in [6.07, 6.45) is -10.4. The van der Waals surface area contributed by atoms with Gasteiger partial charge in [0.1, 0.15) is 0 Å². The van der Waals surface area contributed by atoms with Gasteiger partial charge in [-0.2, -0.15) is 26.3 Å². The third kappa shape index (κ3) is 4.87. The monoisotopic (exact) mass is 456 g/mol. The minimum absolute atomic E-state index is 0.0398. The van der Waals surface area contributed by atoms with Crippen molar-refractivity contribution in [2.75, 3.05) is 10.6 Å². The molecule has 1 rings (SSSR count). The summed E-state index contributed by atoms with van der Waals surface area (Å²) >= 11 is 5.67. The number of anilines is 2. The maximum absolute atomic E-state index is 12.2. The molecule has 0 bridgehead atoms. The van der Waals surface area contributed by atoms with E-state index in [4.69, 9.17) is 0 Å². The molecule has 0 spiro atoms. The Labute approximate surface area is 135 Å². The zero-order valence-corrected chi connectivity index (χ0v) is 13.2. The molecular weight excluding hydrogens is 454 g/mol. The van der Waals surface area contributed by atoms with E-state index in [-0.39, 0.29) is 8.95 Å². The Morgan fingerprint density at radius 1 is 0.773 bits per heavy atom. The lowest BCUT2D eigenvalue weighted by molar-refractivity contribution is -0.167. The van der Waals surface area contributed by atoms with Gasteiger partial charge in [-0.1, -0.05) is 0 Å². The summed E-state index contributed by atoms with van der Waals surface area (Å²) in [4.78, 5) is 21.7. The summed E-state index contributed by atoms with van der Waals surface area (Å²) in [6, 6.07) is 1.80. The molecule has 0 saturated heterocycles. The van der Waals surface area contributed by atoms with E-state index < -0.39 is 35.5 Å². The van der Waals surface area contributed by atoms with Crippen LogP contribution >= 0.6 is 31.9 Å². The van der Waals surface area contributed by atoms with Crippen molar-refractivity contribution in [3.8, 4) is 0 Å². The highest BCUT2D eigenvalue weighted by molar-refractivity contribution is 9.11. The second kappa shape index (κ2) is 6.44. The van der Waals surface area contributed by atoms with E-state index in [0.29, 0.717) is 0 Å². The number of hydrogen-bond acceptors (Lipinski definition) is 2. The largest absolute Gasteiger partial charge is 0.471 e. The Hall–Kier alpha value is -1.30. The van der Waals surface area contributed by atoms with E-state index in [0.717, 1.165) is 12.1 Å². The number of carbonyl (C=O) groups excluding carboxylic acids is 2. The lowest BCUT2D eigenvalue weighted by Crippen LogP contribution is -2.31. The number of nitrogens with one attached hydrogen (secondary N) is 2. The van der Waals surface area contributed by atoms with Crippen LogP contribution in [0, 0.1) is 0 Å². The average Bonchev–Trinajstić information content (AvgIpc) is 2.32. The van der Waals surface area contributed by atoms with Crippen LogP contribution in [0.5, 0.6) is 0 Å². The van der Waals surface area contributed by atoms with Crippen LogP contribution in [0.1, 0.15) is 0 Å². The molecule has 2 N–H and O–H groups in total. The zero-order valence-electron chi connectivity index (χ0n) is 9.99. The summed E-state index contributed by atoms with van der Waals surface area (Å²) < 4.78 is 72.9. The Morgan fingerprint density at radius 3 is 1.36 bits per heavy atom. The highest BCUT2D eigenvalue weighted by Gasteiger charge is 2.40. The predicted octanol–water partition coefficient (Wildman–Crippen LogP) is 4.21. The van der Waals surface area contributed by atoms with Gasteiger partial charge in [0.2, 0.25) is 0 Å². The lowest BCUT2D eigenvalue weighted by atomic mass is 10.2. The number of rotatable bonds is 2. The quantitative estimate of drug-likeness (QED) is 0.653. The normalized spacial score (nSPS) is 12.0. The van der Waals surface area contributed by atoms with Crippen molar-refractivity contribution < 1.29 is 35.9 Å². The molecule has 0 aliphatic carbocycles. The fraction of sp³-hybridized carbons (Fsp3) is 0.200. The first-order valence-electron chi connectivity index (χ1n) is 5.07. The lowest BCUT2D eigenvalue weighted by Gasteiger charge is -2.14. The van der Waals surface area contributed by atoms with Gasteiger partial charge in [0, 0.05) is 8.95 Å². The number of carbonyl (C=O) groups is 2. The summed E-state index contributed by atoms with van der Waals surface area (Å²) in [5.41, 5.74) is -0.939. The van der Waals surface area contributed by atoms with Gasteiger partial charge < -0.3 is 10.6 Å². The SMILES string of the molecule is O=C(Nc1cc(NC(=O)C(F)(F)F)c(Br)cc1Br)C(F)(F)F. The van der Waals surface area contributed by atoms with Gasteiger partial charge in [-0.05, 0) is 44.0 Å². The van der Waals surface area contributed by atoms with Crippen LogP contribution in [0.4, 0.5) is 37.7 Å². The Balaban J connectivity index is 3.10. The van der Waals surface area contributed by atoms with Gasteiger partial charge >= 0.3 is 24.2 Å². The molecule has 0 aliphatic rings. The van der Waals surface area contributed by atoms with Crippen LogP contribution < -0.4 is 10.6 Å². The molecule has 0 saturated carbocycles. The summed E-state index contributed by atoms with van der Waals surface area (Å²) in [6.45, 7) is 0. The molecule has 122 valence electrons. The molecule has 0 fully saturated rings. The van der Waals surface area contributed by atoms with E-state index in [1.807, 2.05) is 0 Å². The molecule has 0 atom stereocenters. The summed E-state index contributed by atoms with van der Waals surface area (Å²) in [7, 11) is 0. The molecule has 0 unspecified atom stereocenters. The maximum Gasteiger partial charge on any atom is 0.471 e. The Kier molecular flexibility index (Phi) is 5.49. The standard InChI is InChI=1S/C10H4Br2F6N2O2/c11-3-1-4(12)6(20-8(22)10(16,17)18)2-5(3)19-7(21)9(13,14)15/h1-2H,(H,19,21)(H,20,22). The van der Waals surface area contributed by atoms with E-state index >= 15 is 0 Å². The van der Waals surface area contributed by atoms with Crippen molar-refractivity contribution in [1.82, 2.24) is 0 Å². The molecule has 0 heterocycles. The van der Waals surface area contributed by atoms with Gasteiger partial charge in [-0.15, -0.1) is 0 Å². The number of benzene rings is 1. The fourth-order valence-corrected chi connectivity index (χ4v) is 2.32. The van der Waals surface area contributed by atoms with Crippen molar-refractivity contribution in [3.63, 3.8) is 0 Å². The van der Waals surface area contributed by atoms with Gasteiger partial charge in [0.15, 0.2) is 0 Å². The highest BCUT2D eigenvalue weighted by Crippen LogP contribution is 2.34. The molecule has 12 heteroatoms. The molecule has 1 aromatic rings. The zero-order chi connectivity index (χ0) is 17.3. The van der Waals surface area contributed by atoms with Crippen LogP contribution in [0.15, 0.2) is 21.1 Å². The molecule has 2 amide bonds. The van der Waals surface area contributed by atoms with Crippen LogP contribution in [-0.2, 0) is 9.59 Å². The molecular formula is C10H4Br2F6N2O2. The topological polar surface area (TPSA) is 58.2 Å². The smallest absolute Gasteiger partial charge is 0.317 e. The second-order valence-corrected chi connectivity index (χ2v) is 5.42. The van der Waals surface area contributed by atoms with Crippen molar-refractivity contribution in [1.29, 1.82) is 0 Å². The molecule has 0 aliphatic heterocycles. The molecule has 4 nitrogen and oxygen atoms in total. The maximum atomic E-state index is 12.2. The van der Waals surface area contributed by atoms with Crippen LogP contribution in [0.3, 0.4) is 0 Å². The first kappa shape index (κ1) is 18.7. The van der Waals surface area contributed by atoms with Crippen molar-refractivity contribution in [2.45, 2.75) is 12.4 Å². The van der Waals surface area contributed by atoms with Crippen molar-refractivity contribution in [2.24, 2.45) is 0 Å². The molecule has 0 aromatic heterocycles. The number of alkyl halides is 6. The molecule has 0 radical (unpaired) electrons. The second-order valence-electron chi connectivity index (χ2n) is 3.72. The summed E-state index contributed by atoms with van der Waals surface area (Å²) in [5.74, 6) is -4.63. The van der Waals surface area contributed by atoms with E-state index in [1.165, 1.54) is 10.6 Å². The Bertz CT molecular complexity index is 565. The first-order chi connectivity index (χ1) is 9.82. The van der Waals surface area contributed by atoms with Crippen LogP contribution in [0.2, 0.25) is 0 Å². The predicted molar refractivity (Wildman–Crippen MR) is 71.2 cm³/mol. The third-order valence-electron chi connectivity index (χ3n) is 2.07.